The minimum absolute atomic E-state index is 0.0268. The molecule has 0 fully saturated rings. The Morgan fingerprint density at radius 3 is 2.17 bits per heavy atom. The van der Waals surface area contributed by atoms with Crippen LogP contribution >= 0.6 is 22.7 Å². The number of thiophene rings is 2. The molecular weight excluding hydrogens is 556 g/mol. The van der Waals surface area contributed by atoms with Crippen molar-refractivity contribution in [3.8, 4) is 17.2 Å². The molecule has 0 saturated carbocycles. The van der Waals surface area contributed by atoms with Gasteiger partial charge in [-0.3, -0.25) is 19.2 Å². The van der Waals surface area contributed by atoms with Crippen LogP contribution in [0.15, 0.2) is 42.5 Å². The number of carbonyl (C=O) groups is 4. The van der Waals surface area contributed by atoms with Crippen molar-refractivity contribution >= 4 is 66.4 Å². The summed E-state index contributed by atoms with van der Waals surface area (Å²) in [4.78, 5) is 47.6. The summed E-state index contributed by atoms with van der Waals surface area (Å²) in [6, 6.07) is 12.7. The number of Topliss-reactive ketones (excluding diaryl/α,β-unsaturated/α-hetero) is 2. The van der Waals surface area contributed by atoms with Crippen molar-refractivity contribution in [2.75, 3.05) is 20.3 Å². The SMILES string of the molecule is COc1cc2sc(C(=O)C[C@H](C)C(=O)O)cc2cc1OCCCOc1ccc2cc(C(=O)CCC(=O)O)sc2c1. The third-order valence-corrected chi connectivity index (χ3v) is 8.42. The fourth-order valence-electron chi connectivity index (χ4n) is 3.94. The Kier molecular flexibility index (Phi) is 9.38. The predicted molar refractivity (Wildman–Crippen MR) is 153 cm³/mol. The molecule has 0 aliphatic rings. The molecule has 0 saturated heterocycles. The highest BCUT2D eigenvalue weighted by atomic mass is 32.1. The number of hydrogen-bond acceptors (Lipinski definition) is 9. The van der Waals surface area contributed by atoms with Crippen LogP contribution < -0.4 is 14.2 Å². The summed E-state index contributed by atoms with van der Waals surface area (Å²) in [6.45, 7) is 2.26. The molecule has 0 aliphatic carbocycles. The highest BCUT2D eigenvalue weighted by Crippen LogP contribution is 2.37. The Bertz CT molecular complexity index is 1570. The first-order chi connectivity index (χ1) is 19.1. The van der Waals surface area contributed by atoms with Crippen LogP contribution in [0.4, 0.5) is 0 Å². The van der Waals surface area contributed by atoms with Crippen LogP contribution in [0.25, 0.3) is 20.2 Å². The van der Waals surface area contributed by atoms with Gasteiger partial charge in [-0.2, -0.15) is 0 Å². The number of benzene rings is 2. The summed E-state index contributed by atoms with van der Waals surface area (Å²) < 4.78 is 19.0. The number of methoxy groups -OCH3 is 1. The molecule has 0 unspecified atom stereocenters. The molecule has 4 rings (SSSR count). The zero-order chi connectivity index (χ0) is 28.8. The Hall–Kier alpha value is -3.96. The van der Waals surface area contributed by atoms with Gasteiger partial charge in [-0.05, 0) is 47.2 Å². The topological polar surface area (TPSA) is 136 Å². The van der Waals surface area contributed by atoms with E-state index in [9.17, 15) is 19.2 Å². The minimum Gasteiger partial charge on any atom is -0.493 e. The molecule has 2 aromatic heterocycles. The first-order valence-electron chi connectivity index (χ1n) is 12.6. The van der Waals surface area contributed by atoms with Crippen molar-refractivity contribution < 1.29 is 43.6 Å². The average molecular weight is 585 g/mol. The van der Waals surface area contributed by atoms with Crippen molar-refractivity contribution in [2.24, 2.45) is 5.92 Å². The molecule has 2 heterocycles. The van der Waals surface area contributed by atoms with Gasteiger partial charge in [-0.15, -0.1) is 22.7 Å². The van der Waals surface area contributed by atoms with Crippen molar-refractivity contribution in [1.29, 1.82) is 0 Å². The van der Waals surface area contributed by atoms with Crippen molar-refractivity contribution in [3.63, 3.8) is 0 Å². The minimum atomic E-state index is -1.00. The number of carbonyl (C=O) groups excluding carboxylic acids is 2. The lowest BCUT2D eigenvalue weighted by atomic mass is 10.0. The zero-order valence-electron chi connectivity index (χ0n) is 21.9. The van der Waals surface area contributed by atoms with Gasteiger partial charge in [0.1, 0.15) is 5.75 Å². The summed E-state index contributed by atoms with van der Waals surface area (Å²) in [5.74, 6) is -1.42. The van der Waals surface area contributed by atoms with Crippen LogP contribution in [0.1, 0.15) is 52.0 Å². The molecule has 0 radical (unpaired) electrons. The van der Waals surface area contributed by atoms with E-state index in [2.05, 4.69) is 0 Å². The lowest BCUT2D eigenvalue weighted by molar-refractivity contribution is -0.141. The number of rotatable bonds is 15. The first kappa shape index (κ1) is 29.0. The van der Waals surface area contributed by atoms with Crippen molar-refractivity contribution in [2.45, 2.75) is 32.6 Å². The molecule has 2 N–H and O–H groups in total. The second-order valence-corrected chi connectivity index (χ2v) is 11.4. The molecule has 0 amide bonds. The summed E-state index contributed by atoms with van der Waals surface area (Å²) in [5, 5.41) is 19.6. The summed E-state index contributed by atoms with van der Waals surface area (Å²) in [7, 11) is 1.54. The van der Waals surface area contributed by atoms with Gasteiger partial charge >= 0.3 is 11.9 Å². The van der Waals surface area contributed by atoms with E-state index in [0.29, 0.717) is 46.6 Å². The molecule has 4 aromatic rings. The monoisotopic (exact) mass is 584 g/mol. The van der Waals surface area contributed by atoms with E-state index >= 15 is 0 Å². The van der Waals surface area contributed by atoms with Gasteiger partial charge < -0.3 is 24.4 Å². The molecule has 0 aliphatic heterocycles. The van der Waals surface area contributed by atoms with Crippen LogP contribution in [0.3, 0.4) is 0 Å². The van der Waals surface area contributed by atoms with Crippen LogP contribution in [0.5, 0.6) is 17.2 Å². The fourth-order valence-corrected chi connectivity index (χ4v) is 6.02. The number of carboxylic acids is 2. The number of ketones is 2. The maximum absolute atomic E-state index is 12.5. The van der Waals surface area contributed by atoms with Gasteiger partial charge in [-0.1, -0.05) is 6.92 Å². The standard InChI is InChI=1S/C29H28O9S2/c1-16(29(34)35)10-21(31)27-13-18-11-23(22(36-2)15-25(18)40-27)38-9-3-8-37-19-5-4-17-12-26(39-24(17)14-19)20(30)6-7-28(32)33/h4-5,11-16H,3,6-10H2,1-2H3,(H,32,33)(H,34,35)/t16-/m0/s1. The molecule has 0 bridgehead atoms. The van der Waals surface area contributed by atoms with Gasteiger partial charge in [0.15, 0.2) is 23.1 Å². The summed E-state index contributed by atoms with van der Waals surface area (Å²) >= 11 is 2.61. The van der Waals surface area contributed by atoms with Crippen LogP contribution in [0.2, 0.25) is 0 Å². The quantitative estimate of drug-likeness (QED) is 0.122. The van der Waals surface area contributed by atoms with E-state index in [1.54, 1.807) is 18.2 Å². The fraction of sp³-hybridized carbons (Fsp3) is 0.310. The number of fused-ring (bicyclic) bond motifs is 2. The highest BCUT2D eigenvalue weighted by molar-refractivity contribution is 7.21. The highest BCUT2D eigenvalue weighted by Gasteiger charge is 2.20. The molecule has 1 atom stereocenters. The predicted octanol–water partition coefficient (Wildman–Crippen LogP) is 6.31. The average Bonchev–Trinajstić information content (AvgIpc) is 3.54. The summed E-state index contributed by atoms with van der Waals surface area (Å²) in [5.41, 5.74) is 0. The maximum atomic E-state index is 12.5. The summed E-state index contributed by atoms with van der Waals surface area (Å²) in [6.07, 6.45) is 0.309. The second-order valence-electron chi connectivity index (χ2n) is 9.20. The largest absolute Gasteiger partial charge is 0.493 e. The molecule has 0 spiro atoms. The number of ether oxygens (including phenoxy) is 3. The molecule has 40 heavy (non-hydrogen) atoms. The Balaban J connectivity index is 1.32. The molecular formula is C29H28O9S2. The van der Waals surface area contributed by atoms with Gasteiger partial charge in [0, 0.05) is 34.7 Å². The molecule has 9 nitrogen and oxygen atoms in total. The Morgan fingerprint density at radius 2 is 1.48 bits per heavy atom. The first-order valence-corrected chi connectivity index (χ1v) is 14.2. The second kappa shape index (κ2) is 12.9. The lowest BCUT2D eigenvalue weighted by Crippen LogP contribution is -2.13. The number of carboxylic acid groups (broad SMARTS) is 2. The lowest BCUT2D eigenvalue weighted by Gasteiger charge is -2.11. The third-order valence-electron chi connectivity index (χ3n) is 6.14. The Morgan fingerprint density at radius 1 is 0.800 bits per heavy atom. The normalized spacial score (nSPS) is 11.8. The van der Waals surface area contributed by atoms with Gasteiger partial charge in [-0.25, -0.2) is 0 Å². The van der Waals surface area contributed by atoms with Gasteiger partial charge in [0.25, 0.3) is 0 Å². The molecule has 11 heteroatoms. The van der Waals surface area contributed by atoms with E-state index < -0.39 is 17.9 Å². The van der Waals surface area contributed by atoms with Crippen molar-refractivity contribution in [3.05, 3.63) is 52.2 Å². The molecule has 210 valence electrons. The maximum Gasteiger partial charge on any atom is 0.306 e. The van der Waals surface area contributed by atoms with Gasteiger partial charge in [0.05, 0.1) is 42.4 Å². The Labute approximate surface area is 237 Å². The van der Waals surface area contributed by atoms with Crippen LogP contribution in [-0.2, 0) is 9.59 Å². The van der Waals surface area contributed by atoms with E-state index in [1.807, 2.05) is 24.3 Å². The smallest absolute Gasteiger partial charge is 0.306 e. The van der Waals surface area contributed by atoms with E-state index in [0.717, 1.165) is 20.2 Å². The van der Waals surface area contributed by atoms with E-state index in [4.69, 9.17) is 24.4 Å². The van der Waals surface area contributed by atoms with Crippen LogP contribution in [0, 0.1) is 5.92 Å². The molecule has 2 aromatic carbocycles. The zero-order valence-corrected chi connectivity index (χ0v) is 23.6. The number of hydrogen-bond donors (Lipinski definition) is 2. The van der Waals surface area contributed by atoms with Crippen molar-refractivity contribution in [1.82, 2.24) is 0 Å². The number of aliphatic carboxylic acids is 2. The van der Waals surface area contributed by atoms with Gasteiger partial charge in [0.2, 0.25) is 0 Å². The van der Waals surface area contributed by atoms with Crippen LogP contribution in [-0.4, -0.2) is 54.0 Å². The third kappa shape index (κ3) is 7.16. The van der Waals surface area contributed by atoms with E-state index in [-0.39, 0.29) is 30.8 Å². The van der Waals surface area contributed by atoms with E-state index in [1.165, 1.54) is 36.7 Å².